The van der Waals surface area contributed by atoms with E-state index in [0.29, 0.717) is 11.2 Å². The number of fused-ring (bicyclic) bond motifs is 1. The number of carbonyl (C=O) groups is 1. The van der Waals surface area contributed by atoms with Crippen LogP contribution in [-0.4, -0.2) is 47.5 Å². The van der Waals surface area contributed by atoms with Gasteiger partial charge in [-0.3, -0.25) is 9.10 Å². The molecule has 1 amide bonds. The first-order valence-electron chi connectivity index (χ1n) is 9.58. The van der Waals surface area contributed by atoms with Crippen molar-refractivity contribution in [2.45, 2.75) is 18.4 Å². The van der Waals surface area contributed by atoms with Gasteiger partial charge in [-0.05, 0) is 68.9 Å². The van der Waals surface area contributed by atoms with E-state index in [0.717, 1.165) is 27.2 Å². The highest BCUT2D eigenvalue weighted by molar-refractivity contribution is 7.97. The van der Waals surface area contributed by atoms with E-state index in [1.54, 1.807) is 25.1 Å². The molecule has 0 aliphatic heterocycles. The minimum atomic E-state index is -0.309. The molecule has 2 aromatic heterocycles. The summed E-state index contributed by atoms with van der Waals surface area (Å²) in [6, 6.07) is 11.6. The Bertz CT molecular complexity index is 1110. The molecule has 0 aliphatic rings. The van der Waals surface area contributed by atoms with E-state index >= 15 is 0 Å². The summed E-state index contributed by atoms with van der Waals surface area (Å²) in [4.78, 5) is 17.9. The van der Waals surface area contributed by atoms with Crippen LogP contribution in [0.4, 0.5) is 4.39 Å². The van der Waals surface area contributed by atoms with Crippen LogP contribution in [-0.2, 0) is 6.54 Å². The molecule has 0 atom stereocenters. The molecule has 0 saturated heterocycles. The zero-order valence-electron chi connectivity index (χ0n) is 17.6. The number of amides is 1. The molecule has 30 heavy (non-hydrogen) atoms. The average molecular weight is 428 g/mol. The number of pyridine rings is 1. The average Bonchev–Trinajstić information content (AvgIpc) is 2.98. The Balaban J connectivity index is 2.24. The van der Waals surface area contributed by atoms with Crippen molar-refractivity contribution in [3.8, 4) is 11.1 Å². The second-order valence-electron chi connectivity index (χ2n) is 7.01. The van der Waals surface area contributed by atoms with Gasteiger partial charge in [0.05, 0.1) is 17.6 Å². The van der Waals surface area contributed by atoms with Gasteiger partial charge >= 0.3 is 0 Å². The fourth-order valence-electron chi connectivity index (χ4n) is 3.41. The van der Waals surface area contributed by atoms with Gasteiger partial charge in [-0.2, -0.15) is 0 Å². The molecule has 8 heteroatoms. The lowest BCUT2D eigenvalue weighted by molar-refractivity contribution is 0.0958. The fraction of sp³-hybridized carbons (Fsp3) is 0.273. The first kappa shape index (κ1) is 22.0. The Morgan fingerprint density at radius 3 is 2.77 bits per heavy atom. The van der Waals surface area contributed by atoms with Crippen LogP contribution in [0.3, 0.4) is 0 Å². The van der Waals surface area contributed by atoms with Crippen LogP contribution in [0.25, 0.3) is 22.2 Å². The molecule has 158 valence electrons. The molecule has 0 aliphatic carbocycles. The normalized spacial score (nSPS) is 12.0. The van der Waals surface area contributed by atoms with Crippen molar-refractivity contribution in [3.05, 3.63) is 59.7 Å². The van der Waals surface area contributed by atoms with Crippen molar-refractivity contribution in [2.75, 3.05) is 27.7 Å². The van der Waals surface area contributed by atoms with E-state index in [2.05, 4.69) is 16.4 Å². The second kappa shape index (κ2) is 9.42. The largest absolute Gasteiger partial charge is 0.354 e. The topological polar surface area (TPSA) is 76.2 Å². The second-order valence-corrected chi connectivity index (χ2v) is 8.39. The Hall–Kier alpha value is -2.68. The molecule has 0 saturated carbocycles. The number of hydrogen-bond donors (Lipinski definition) is 2. The number of nitrogens with two attached hydrogens (primary N) is 1. The van der Waals surface area contributed by atoms with Crippen LogP contribution < -0.4 is 11.1 Å². The number of benzene rings is 1. The molecule has 3 N–H and O–H groups in total. The van der Waals surface area contributed by atoms with Crippen molar-refractivity contribution in [2.24, 2.45) is 5.73 Å². The van der Waals surface area contributed by atoms with Gasteiger partial charge in [0.15, 0.2) is 0 Å². The number of hydrogen-bond acceptors (Lipinski definition) is 5. The summed E-state index contributed by atoms with van der Waals surface area (Å²) < 4.78 is 18.2. The molecule has 0 unspecified atom stereocenters. The van der Waals surface area contributed by atoms with Crippen molar-refractivity contribution < 1.29 is 9.18 Å². The Labute approximate surface area is 180 Å². The molecule has 2 heterocycles. The van der Waals surface area contributed by atoms with E-state index < -0.39 is 0 Å². The molecule has 3 rings (SSSR count). The monoisotopic (exact) mass is 427 g/mol. The van der Waals surface area contributed by atoms with Gasteiger partial charge in [-0.25, -0.2) is 9.37 Å². The summed E-state index contributed by atoms with van der Waals surface area (Å²) in [5.74, 6) is -0.573. The van der Waals surface area contributed by atoms with Gasteiger partial charge in [0.25, 0.3) is 5.91 Å². The van der Waals surface area contributed by atoms with E-state index in [-0.39, 0.29) is 24.8 Å². The lowest BCUT2D eigenvalue weighted by Crippen LogP contribution is -2.19. The lowest BCUT2D eigenvalue weighted by Gasteiger charge is -2.10. The van der Waals surface area contributed by atoms with Gasteiger partial charge in [-0.15, -0.1) is 0 Å². The highest BCUT2D eigenvalue weighted by Gasteiger charge is 2.20. The van der Waals surface area contributed by atoms with Crippen LogP contribution in [0, 0.1) is 6.92 Å². The minimum absolute atomic E-state index is 0.0622. The number of halogens is 1. The summed E-state index contributed by atoms with van der Waals surface area (Å²) in [6.45, 7) is 2.14. The molecular weight excluding hydrogens is 401 g/mol. The standard InChI is InChI=1S/C22H26FN5OS/c1-14-20(15-6-5-7-17(12-15)30-27(3)4)21-19(28(14)13-16(23)10-11-24)9-8-18(26-21)22(29)25-2/h5-10,12H,11,13,24H2,1-4H3,(H,25,29)/b16-10-. The maximum atomic E-state index is 14.3. The van der Waals surface area contributed by atoms with Crippen LogP contribution in [0.15, 0.2) is 53.2 Å². The molecule has 0 spiro atoms. The van der Waals surface area contributed by atoms with Crippen LogP contribution in [0.1, 0.15) is 16.2 Å². The first-order chi connectivity index (χ1) is 14.3. The van der Waals surface area contributed by atoms with Gasteiger partial charge in [0.1, 0.15) is 11.5 Å². The number of allylic oxidation sites excluding steroid dienone is 1. The van der Waals surface area contributed by atoms with E-state index in [9.17, 15) is 9.18 Å². The summed E-state index contributed by atoms with van der Waals surface area (Å²) in [7, 11) is 5.54. The van der Waals surface area contributed by atoms with Crippen molar-refractivity contribution >= 4 is 28.9 Å². The number of nitrogens with zero attached hydrogens (tertiary/aromatic N) is 3. The molecule has 3 aromatic rings. The zero-order chi connectivity index (χ0) is 21.8. The smallest absolute Gasteiger partial charge is 0.269 e. The quantitative estimate of drug-likeness (QED) is 0.562. The Kier molecular flexibility index (Phi) is 6.91. The molecule has 0 fully saturated rings. The highest BCUT2D eigenvalue weighted by atomic mass is 32.2. The van der Waals surface area contributed by atoms with Gasteiger partial charge in [-0.1, -0.05) is 12.1 Å². The van der Waals surface area contributed by atoms with E-state index in [4.69, 9.17) is 5.73 Å². The first-order valence-corrected chi connectivity index (χ1v) is 10.3. The third-order valence-corrected chi connectivity index (χ3v) is 5.52. The van der Waals surface area contributed by atoms with Crippen LogP contribution in [0.5, 0.6) is 0 Å². The predicted molar refractivity (Wildman–Crippen MR) is 121 cm³/mol. The van der Waals surface area contributed by atoms with Crippen molar-refractivity contribution in [1.82, 2.24) is 19.2 Å². The maximum Gasteiger partial charge on any atom is 0.269 e. The van der Waals surface area contributed by atoms with Crippen LogP contribution >= 0.6 is 11.9 Å². The summed E-state index contributed by atoms with van der Waals surface area (Å²) in [6.07, 6.45) is 1.37. The SMILES string of the molecule is CNC(=O)c1ccc2c(n1)c(-c1cccc(SN(C)C)c1)c(C)n2C/C(F)=C/CN. The zero-order valence-corrected chi connectivity index (χ0v) is 18.4. The summed E-state index contributed by atoms with van der Waals surface area (Å²) >= 11 is 1.61. The van der Waals surface area contributed by atoms with Crippen molar-refractivity contribution in [1.29, 1.82) is 0 Å². The Morgan fingerprint density at radius 1 is 1.33 bits per heavy atom. The highest BCUT2D eigenvalue weighted by Crippen LogP contribution is 2.36. The molecule has 1 aromatic carbocycles. The van der Waals surface area contributed by atoms with Gasteiger partial charge < -0.3 is 15.6 Å². The molecular formula is C22H26FN5OS. The molecule has 0 bridgehead atoms. The third-order valence-electron chi connectivity index (χ3n) is 4.69. The van der Waals surface area contributed by atoms with Gasteiger partial charge in [0.2, 0.25) is 0 Å². The summed E-state index contributed by atoms with van der Waals surface area (Å²) in [5.41, 5.74) is 9.95. The van der Waals surface area contributed by atoms with E-state index in [1.807, 2.05) is 54.2 Å². The minimum Gasteiger partial charge on any atom is -0.354 e. The molecule has 0 radical (unpaired) electrons. The Morgan fingerprint density at radius 2 is 2.10 bits per heavy atom. The maximum absolute atomic E-state index is 14.3. The number of nitrogens with one attached hydrogen (secondary N) is 1. The number of aromatic nitrogens is 2. The van der Waals surface area contributed by atoms with Crippen molar-refractivity contribution in [3.63, 3.8) is 0 Å². The molecule has 6 nitrogen and oxygen atoms in total. The van der Waals surface area contributed by atoms with E-state index in [1.165, 1.54) is 6.08 Å². The fourth-order valence-corrected chi connectivity index (χ4v) is 4.15. The number of rotatable bonds is 7. The predicted octanol–water partition coefficient (Wildman–Crippen LogP) is 3.75. The lowest BCUT2D eigenvalue weighted by atomic mass is 10.0. The van der Waals surface area contributed by atoms with Gasteiger partial charge in [0, 0.05) is 29.7 Å². The third kappa shape index (κ3) is 4.56. The number of carbonyl (C=O) groups excluding carboxylic acids is 1. The summed E-state index contributed by atoms with van der Waals surface area (Å²) in [5, 5.41) is 2.61. The van der Waals surface area contributed by atoms with Crippen LogP contribution in [0.2, 0.25) is 0 Å².